The van der Waals surface area contributed by atoms with Gasteiger partial charge in [-0.05, 0) is 32.6 Å². The third-order valence-electron chi connectivity index (χ3n) is 3.61. The first kappa shape index (κ1) is 14.9. The first-order chi connectivity index (χ1) is 9.51. The lowest BCUT2D eigenvalue weighted by molar-refractivity contribution is 0.231. The molecule has 0 saturated carbocycles. The molecule has 1 unspecified atom stereocenters. The quantitative estimate of drug-likeness (QED) is 0.814. The third-order valence-corrected chi connectivity index (χ3v) is 3.61. The van der Waals surface area contributed by atoms with Crippen molar-refractivity contribution in [3.8, 4) is 5.75 Å². The minimum atomic E-state index is -0.425. The molecule has 1 aliphatic heterocycles. The van der Waals surface area contributed by atoms with Crippen molar-refractivity contribution < 1.29 is 14.2 Å². The molecule has 0 aromatic heterocycles. The van der Waals surface area contributed by atoms with Gasteiger partial charge < -0.3 is 20.5 Å². The van der Waals surface area contributed by atoms with Crippen molar-refractivity contribution in [2.75, 3.05) is 30.3 Å². The predicted molar refractivity (Wildman–Crippen MR) is 78.6 cm³/mol. The van der Waals surface area contributed by atoms with Crippen molar-refractivity contribution >= 4 is 11.4 Å². The number of rotatable bonds is 5. The van der Waals surface area contributed by atoms with Gasteiger partial charge in [-0.3, -0.25) is 0 Å². The van der Waals surface area contributed by atoms with Crippen molar-refractivity contribution in [1.82, 2.24) is 0 Å². The lowest BCUT2D eigenvalue weighted by atomic mass is 10.1. The van der Waals surface area contributed by atoms with Crippen molar-refractivity contribution in [1.29, 1.82) is 0 Å². The average Bonchev–Trinajstić information content (AvgIpc) is 2.81. The van der Waals surface area contributed by atoms with E-state index in [1.165, 1.54) is 6.07 Å². The largest absolute Gasteiger partial charge is 0.488 e. The lowest BCUT2D eigenvalue weighted by Crippen LogP contribution is -2.21. The Balaban J connectivity index is 2.19. The van der Waals surface area contributed by atoms with Crippen LogP contribution in [0.4, 0.5) is 15.8 Å². The van der Waals surface area contributed by atoms with Gasteiger partial charge >= 0.3 is 0 Å². The molecule has 0 spiro atoms. The maximum atomic E-state index is 13.8. The monoisotopic (exact) mass is 282 g/mol. The number of aliphatic hydroxyl groups excluding tert-OH is 1. The van der Waals surface area contributed by atoms with E-state index in [4.69, 9.17) is 15.6 Å². The Morgan fingerprint density at radius 3 is 2.90 bits per heavy atom. The molecule has 112 valence electrons. The number of benzene rings is 1. The van der Waals surface area contributed by atoms with Crippen LogP contribution in [-0.4, -0.2) is 30.9 Å². The fraction of sp³-hybridized carbons (Fsp3) is 0.600. The van der Waals surface area contributed by atoms with Crippen molar-refractivity contribution in [2.45, 2.75) is 32.8 Å². The maximum absolute atomic E-state index is 13.8. The molecule has 0 radical (unpaired) electrons. The highest BCUT2D eigenvalue weighted by atomic mass is 19.1. The number of hydrogen-bond acceptors (Lipinski definition) is 4. The van der Waals surface area contributed by atoms with Gasteiger partial charge in [0.1, 0.15) is 0 Å². The Bertz CT molecular complexity index is 465. The summed E-state index contributed by atoms with van der Waals surface area (Å²) in [5, 5.41) is 9.00. The molecular weight excluding hydrogens is 259 g/mol. The molecule has 2 rings (SSSR count). The zero-order valence-electron chi connectivity index (χ0n) is 12.1. The SMILES string of the molecule is CC(C)Oc1cc(N2CCC(CCO)C2)c(N)cc1F. The van der Waals surface area contributed by atoms with E-state index in [0.717, 1.165) is 31.6 Å². The summed E-state index contributed by atoms with van der Waals surface area (Å²) in [5.41, 5.74) is 7.19. The van der Waals surface area contributed by atoms with E-state index < -0.39 is 5.82 Å². The third kappa shape index (κ3) is 3.33. The van der Waals surface area contributed by atoms with E-state index in [1.807, 2.05) is 13.8 Å². The Labute approximate surface area is 119 Å². The van der Waals surface area contributed by atoms with Gasteiger partial charge in [0.2, 0.25) is 0 Å². The van der Waals surface area contributed by atoms with Gasteiger partial charge in [-0.1, -0.05) is 0 Å². The van der Waals surface area contributed by atoms with Crippen LogP contribution >= 0.6 is 0 Å². The van der Waals surface area contributed by atoms with Gasteiger partial charge in [-0.15, -0.1) is 0 Å². The number of hydrogen-bond donors (Lipinski definition) is 2. The van der Waals surface area contributed by atoms with Crippen molar-refractivity contribution in [2.24, 2.45) is 5.92 Å². The molecule has 1 aliphatic rings. The lowest BCUT2D eigenvalue weighted by Gasteiger charge is -2.22. The molecule has 1 atom stereocenters. The summed E-state index contributed by atoms with van der Waals surface area (Å²) in [6.07, 6.45) is 1.74. The second-order valence-corrected chi connectivity index (χ2v) is 5.62. The van der Waals surface area contributed by atoms with Crippen LogP contribution in [0.5, 0.6) is 5.75 Å². The summed E-state index contributed by atoms with van der Waals surface area (Å²) in [6.45, 7) is 5.66. The molecule has 1 fully saturated rings. The van der Waals surface area contributed by atoms with Gasteiger partial charge in [0.25, 0.3) is 0 Å². The Morgan fingerprint density at radius 1 is 1.50 bits per heavy atom. The van der Waals surface area contributed by atoms with Crippen LogP contribution in [0.3, 0.4) is 0 Å². The molecule has 3 N–H and O–H groups in total. The van der Waals surface area contributed by atoms with Crippen LogP contribution in [0.25, 0.3) is 0 Å². The molecule has 0 amide bonds. The van der Waals surface area contributed by atoms with E-state index in [-0.39, 0.29) is 18.5 Å². The predicted octanol–water partition coefficient (Wildman–Crippen LogP) is 2.40. The minimum Gasteiger partial charge on any atom is -0.488 e. The maximum Gasteiger partial charge on any atom is 0.167 e. The van der Waals surface area contributed by atoms with E-state index in [1.54, 1.807) is 6.07 Å². The number of nitrogen functional groups attached to an aromatic ring is 1. The Hall–Kier alpha value is -1.49. The van der Waals surface area contributed by atoms with E-state index >= 15 is 0 Å². The van der Waals surface area contributed by atoms with Crippen molar-refractivity contribution in [3.63, 3.8) is 0 Å². The Morgan fingerprint density at radius 2 is 2.25 bits per heavy atom. The minimum absolute atomic E-state index is 0.0818. The van der Waals surface area contributed by atoms with Gasteiger partial charge in [0, 0.05) is 31.8 Å². The number of ether oxygens (including phenoxy) is 1. The standard InChI is InChI=1S/C15H23FN2O2/c1-10(2)20-15-8-14(13(17)7-12(15)16)18-5-3-11(9-18)4-6-19/h7-8,10-11,19H,3-6,9,17H2,1-2H3. The van der Waals surface area contributed by atoms with Crippen LogP contribution in [0.15, 0.2) is 12.1 Å². The van der Waals surface area contributed by atoms with Gasteiger partial charge in [-0.2, -0.15) is 0 Å². The molecule has 4 nitrogen and oxygen atoms in total. The molecule has 1 aromatic rings. The fourth-order valence-electron chi connectivity index (χ4n) is 2.65. The second kappa shape index (κ2) is 6.31. The van der Waals surface area contributed by atoms with E-state index in [9.17, 15) is 4.39 Å². The highest BCUT2D eigenvalue weighted by molar-refractivity contribution is 5.70. The Kier molecular flexibility index (Phi) is 4.70. The van der Waals surface area contributed by atoms with E-state index in [0.29, 0.717) is 11.6 Å². The highest BCUT2D eigenvalue weighted by Crippen LogP contribution is 2.35. The molecule has 1 aromatic carbocycles. The molecule has 5 heteroatoms. The molecule has 0 bridgehead atoms. The van der Waals surface area contributed by atoms with Crippen LogP contribution in [-0.2, 0) is 0 Å². The van der Waals surface area contributed by atoms with Crippen LogP contribution < -0.4 is 15.4 Å². The van der Waals surface area contributed by atoms with Gasteiger partial charge in [-0.25, -0.2) is 4.39 Å². The summed E-state index contributed by atoms with van der Waals surface area (Å²) >= 11 is 0. The molecule has 1 heterocycles. The highest BCUT2D eigenvalue weighted by Gasteiger charge is 2.24. The number of anilines is 2. The fourth-order valence-corrected chi connectivity index (χ4v) is 2.65. The van der Waals surface area contributed by atoms with Gasteiger partial charge in [0.05, 0.1) is 17.5 Å². The zero-order valence-corrected chi connectivity index (χ0v) is 12.1. The molecular formula is C15H23FN2O2. The number of nitrogens with two attached hydrogens (primary N) is 1. The summed E-state index contributed by atoms with van der Waals surface area (Å²) in [4.78, 5) is 2.14. The van der Waals surface area contributed by atoms with E-state index in [2.05, 4.69) is 4.90 Å². The summed E-state index contributed by atoms with van der Waals surface area (Å²) in [6, 6.07) is 3.01. The second-order valence-electron chi connectivity index (χ2n) is 5.62. The normalized spacial score (nSPS) is 18.9. The van der Waals surface area contributed by atoms with Crippen LogP contribution in [0.2, 0.25) is 0 Å². The molecule has 1 saturated heterocycles. The first-order valence-electron chi connectivity index (χ1n) is 7.12. The summed E-state index contributed by atoms with van der Waals surface area (Å²) < 4.78 is 19.3. The topological polar surface area (TPSA) is 58.7 Å². The number of nitrogens with zero attached hydrogens (tertiary/aromatic N) is 1. The first-order valence-corrected chi connectivity index (χ1v) is 7.12. The smallest absolute Gasteiger partial charge is 0.167 e. The average molecular weight is 282 g/mol. The van der Waals surface area contributed by atoms with Crippen LogP contribution in [0.1, 0.15) is 26.7 Å². The van der Waals surface area contributed by atoms with Gasteiger partial charge in [0.15, 0.2) is 11.6 Å². The molecule has 0 aliphatic carbocycles. The van der Waals surface area contributed by atoms with Crippen molar-refractivity contribution in [3.05, 3.63) is 17.9 Å². The zero-order chi connectivity index (χ0) is 14.7. The number of aliphatic hydroxyl groups is 1. The number of halogens is 1. The van der Waals surface area contributed by atoms with Crippen LogP contribution in [0, 0.1) is 11.7 Å². The molecule has 20 heavy (non-hydrogen) atoms. The summed E-state index contributed by atoms with van der Waals surface area (Å²) in [7, 11) is 0. The summed E-state index contributed by atoms with van der Waals surface area (Å²) in [5.74, 6) is 0.291.